The van der Waals surface area contributed by atoms with Crippen molar-refractivity contribution in [2.45, 2.75) is 58.0 Å². The number of hydrogen-bond acceptors (Lipinski definition) is 5. The quantitative estimate of drug-likeness (QED) is 0.510. The van der Waals surface area contributed by atoms with E-state index in [2.05, 4.69) is 26.1 Å². The van der Waals surface area contributed by atoms with Gasteiger partial charge in [-0.2, -0.15) is 13.2 Å². The van der Waals surface area contributed by atoms with Crippen molar-refractivity contribution in [1.82, 2.24) is 20.0 Å². The second-order valence-electron chi connectivity index (χ2n) is 10.6. The topological polar surface area (TPSA) is 110 Å². The summed E-state index contributed by atoms with van der Waals surface area (Å²) in [5, 5.41) is 10.4. The van der Waals surface area contributed by atoms with Crippen LogP contribution in [-0.2, 0) is 19.8 Å². The molecule has 2 saturated heterocycles. The van der Waals surface area contributed by atoms with E-state index in [1.165, 1.54) is 5.56 Å². The molecule has 1 aromatic rings. The van der Waals surface area contributed by atoms with Crippen molar-refractivity contribution >= 4 is 23.7 Å². The van der Waals surface area contributed by atoms with Gasteiger partial charge in [0.25, 0.3) is 5.91 Å². The number of alkyl halides is 3. The second-order valence-corrected chi connectivity index (χ2v) is 10.6. The predicted octanol–water partition coefficient (Wildman–Crippen LogP) is 2.89. The van der Waals surface area contributed by atoms with Crippen molar-refractivity contribution in [3.8, 4) is 0 Å². The van der Waals surface area contributed by atoms with Gasteiger partial charge >= 0.3 is 12.1 Å². The predicted molar refractivity (Wildman–Crippen MR) is 139 cm³/mol. The standard InChI is InChI=1S/C25H38N4O3.C2HF3O2/c1-25(2,3)21-9-7-20(8-10-21)24(32)29(16-5-15-27-14-4-6-22(27)30)17-11-23(31)28-18-12-26-13-19-28;3-2(4,5)1(6)7/h7-10,26H,4-6,11-19H2,1-3H3;(H,6,7). The monoisotopic (exact) mass is 556 g/mol. The van der Waals surface area contributed by atoms with E-state index < -0.39 is 12.1 Å². The van der Waals surface area contributed by atoms with Gasteiger partial charge in [-0.3, -0.25) is 14.4 Å². The van der Waals surface area contributed by atoms with Gasteiger partial charge in [0, 0.05) is 70.8 Å². The molecule has 0 aliphatic carbocycles. The van der Waals surface area contributed by atoms with E-state index in [1.807, 2.05) is 34.1 Å². The lowest BCUT2D eigenvalue weighted by Gasteiger charge is -2.29. The lowest BCUT2D eigenvalue weighted by atomic mass is 9.86. The zero-order valence-corrected chi connectivity index (χ0v) is 22.9. The maximum absolute atomic E-state index is 13.3. The third-order valence-electron chi connectivity index (χ3n) is 6.62. The fourth-order valence-corrected chi connectivity index (χ4v) is 4.31. The molecule has 3 amide bonds. The molecule has 2 aliphatic rings. The lowest BCUT2D eigenvalue weighted by Crippen LogP contribution is -2.47. The number of nitrogens with one attached hydrogen (secondary N) is 1. The molecule has 2 fully saturated rings. The highest BCUT2D eigenvalue weighted by molar-refractivity contribution is 5.94. The fourth-order valence-electron chi connectivity index (χ4n) is 4.31. The zero-order valence-electron chi connectivity index (χ0n) is 22.9. The van der Waals surface area contributed by atoms with Crippen molar-refractivity contribution in [3.05, 3.63) is 35.4 Å². The zero-order chi connectivity index (χ0) is 29.2. The molecule has 1 aromatic carbocycles. The van der Waals surface area contributed by atoms with Crippen molar-refractivity contribution < 1.29 is 37.5 Å². The molecule has 0 spiro atoms. The van der Waals surface area contributed by atoms with Crippen LogP contribution in [0.15, 0.2) is 24.3 Å². The summed E-state index contributed by atoms with van der Waals surface area (Å²) >= 11 is 0. The van der Waals surface area contributed by atoms with Crippen molar-refractivity contribution in [2.75, 3.05) is 52.4 Å². The first-order valence-electron chi connectivity index (χ1n) is 13.2. The summed E-state index contributed by atoms with van der Waals surface area (Å²) in [6.45, 7) is 11.9. The molecule has 0 radical (unpaired) electrons. The molecule has 0 unspecified atom stereocenters. The molecule has 39 heavy (non-hydrogen) atoms. The number of carbonyl (C=O) groups is 4. The van der Waals surface area contributed by atoms with Crippen molar-refractivity contribution in [2.24, 2.45) is 0 Å². The Bertz CT molecular complexity index is 987. The first-order valence-corrected chi connectivity index (χ1v) is 13.2. The van der Waals surface area contributed by atoms with E-state index in [9.17, 15) is 27.6 Å². The van der Waals surface area contributed by atoms with Gasteiger partial charge < -0.3 is 25.1 Å². The minimum Gasteiger partial charge on any atom is -0.475 e. The Balaban J connectivity index is 0.000000673. The summed E-state index contributed by atoms with van der Waals surface area (Å²) in [7, 11) is 0. The molecule has 3 rings (SSSR count). The van der Waals surface area contributed by atoms with E-state index in [1.54, 1.807) is 4.90 Å². The summed E-state index contributed by atoms with van der Waals surface area (Å²) < 4.78 is 31.7. The van der Waals surface area contributed by atoms with Gasteiger partial charge in [-0.25, -0.2) is 4.79 Å². The van der Waals surface area contributed by atoms with E-state index in [4.69, 9.17) is 9.90 Å². The van der Waals surface area contributed by atoms with E-state index >= 15 is 0 Å². The van der Waals surface area contributed by atoms with Crippen LogP contribution in [0.1, 0.15) is 62.4 Å². The van der Waals surface area contributed by atoms with Gasteiger partial charge in [-0.1, -0.05) is 32.9 Å². The van der Waals surface area contributed by atoms with Crippen LogP contribution >= 0.6 is 0 Å². The van der Waals surface area contributed by atoms with Crippen LogP contribution in [0.3, 0.4) is 0 Å². The number of likely N-dealkylation sites (tertiary alicyclic amines) is 1. The average molecular weight is 557 g/mol. The van der Waals surface area contributed by atoms with Gasteiger partial charge in [0.15, 0.2) is 0 Å². The van der Waals surface area contributed by atoms with Crippen molar-refractivity contribution in [1.29, 1.82) is 0 Å². The maximum atomic E-state index is 13.3. The van der Waals surface area contributed by atoms with E-state index in [0.29, 0.717) is 38.0 Å². The minimum atomic E-state index is -5.08. The number of carbonyl (C=O) groups excluding carboxylic acids is 3. The highest BCUT2D eigenvalue weighted by Gasteiger charge is 2.38. The molecule has 0 aromatic heterocycles. The van der Waals surface area contributed by atoms with Gasteiger partial charge in [0.2, 0.25) is 11.8 Å². The highest BCUT2D eigenvalue weighted by atomic mass is 19.4. The Morgan fingerprint density at radius 1 is 1.00 bits per heavy atom. The Morgan fingerprint density at radius 2 is 1.59 bits per heavy atom. The smallest absolute Gasteiger partial charge is 0.475 e. The maximum Gasteiger partial charge on any atom is 0.490 e. The molecule has 2 N–H and O–H groups in total. The molecule has 12 heteroatoms. The molecule has 218 valence electrons. The first kappa shape index (κ1) is 32.1. The number of nitrogens with zero attached hydrogens (tertiary/aromatic N) is 3. The summed E-state index contributed by atoms with van der Waals surface area (Å²) in [5.41, 5.74) is 1.85. The van der Waals surface area contributed by atoms with Crippen molar-refractivity contribution in [3.63, 3.8) is 0 Å². The molecule has 2 aliphatic heterocycles. The molecule has 9 nitrogen and oxygen atoms in total. The number of carboxylic acids is 1. The number of halogens is 3. The van der Waals surface area contributed by atoms with Gasteiger partial charge in [0.1, 0.15) is 0 Å². The van der Waals surface area contributed by atoms with Crippen LogP contribution in [0.25, 0.3) is 0 Å². The number of aliphatic carboxylic acids is 1. The third kappa shape index (κ3) is 10.5. The number of amides is 3. The molecule has 2 heterocycles. The van der Waals surface area contributed by atoms with Gasteiger partial charge in [0.05, 0.1) is 0 Å². The Kier molecular flexibility index (Phi) is 11.8. The SMILES string of the molecule is CC(C)(C)c1ccc(C(=O)N(CCCN2CCCC2=O)CCC(=O)N2CCNCC2)cc1.O=C(O)C(F)(F)F. The van der Waals surface area contributed by atoms with E-state index in [-0.39, 0.29) is 23.1 Å². The molecular formula is C27H39F3N4O5. The molecule has 0 saturated carbocycles. The van der Waals surface area contributed by atoms with Crippen LogP contribution in [0.5, 0.6) is 0 Å². The third-order valence-corrected chi connectivity index (χ3v) is 6.62. The molecule has 0 atom stereocenters. The number of hydrogen-bond donors (Lipinski definition) is 2. The number of carboxylic acid groups (broad SMARTS) is 1. The summed E-state index contributed by atoms with van der Waals surface area (Å²) in [4.78, 5) is 52.3. The number of benzene rings is 1. The Hall–Kier alpha value is -3.15. The van der Waals surface area contributed by atoms with Crippen LogP contribution in [0, 0.1) is 0 Å². The summed E-state index contributed by atoms with van der Waals surface area (Å²) in [6, 6.07) is 7.80. The Labute approximate surface area is 227 Å². The van der Waals surface area contributed by atoms with Crippen LogP contribution in [-0.4, -0.2) is 102 Å². The number of rotatable bonds is 8. The highest BCUT2D eigenvalue weighted by Crippen LogP contribution is 2.23. The van der Waals surface area contributed by atoms with Crippen LogP contribution < -0.4 is 5.32 Å². The number of piperazine rings is 1. The minimum absolute atomic E-state index is 0.0270. The van der Waals surface area contributed by atoms with E-state index in [0.717, 1.165) is 45.6 Å². The van der Waals surface area contributed by atoms with Crippen LogP contribution in [0.4, 0.5) is 13.2 Å². The first-order chi connectivity index (χ1) is 18.2. The normalized spacial score (nSPS) is 16.0. The summed E-state index contributed by atoms with van der Waals surface area (Å²) in [6.07, 6.45) is -2.49. The van der Waals surface area contributed by atoms with Crippen LogP contribution in [0.2, 0.25) is 0 Å². The lowest BCUT2D eigenvalue weighted by molar-refractivity contribution is -0.192. The Morgan fingerprint density at radius 3 is 2.08 bits per heavy atom. The van der Waals surface area contributed by atoms with Gasteiger partial charge in [-0.05, 0) is 36.0 Å². The van der Waals surface area contributed by atoms with Gasteiger partial charge in [-0.15, -0.1) is 0 Å². The fraction of sp³-hybridized carbons (Fsp3) is 0.630. The molecule has 0 bridgehead atoms. The largest absolute Gasteiger partial charge is 0.490 e. The average Bonchev–Trinajstić information content (AvgIpc) is 3.29. The summed E-state index contributed by atoms with van der Waals surface area (Å²) in [5.74, 6) is -2.50. The molecular weight excluding hydrogens is 517 g/mol. The second kappa shape index (κ2) is 14.3.